The summed E-state index contributed by atoms with van der Waals surface area (Å²) in [4.78, 5) is 34.3. The van der Waals surface area contributed by atoms with Crippen LogP contribution in [0.5, 0.6) is 0 Å². The highest BCUT2D eigenvalue weighted by Gasteiger charge is 2.12. The number of halogens is 1. The van der Waals surface area contributed by atoms with E-state index in [1.165, 1.54) is 6.07 Å². The summed E-state index contributed by atoms with van der Waals surface area (Å²) in [6.07, 6.45) is 0. The van der Waals surface area contributed by atoms with Crippen LogP contribution in [0.1, 0.15) is 24.4 Å². The molecule has 0 unspecified atom stereocenters. The number of carbonyl (C=O) groups excluding carboxylic acids is 3. The Kier molecular flexibility index (Phi) is 6.23. The van der Waals surface area contributed by atoms with Crippen molar-refractivity contribution in [3.05, 3.63) is 22.6 Å². The lowest BCUT2D eigenvalue weighted by molar-refractivity contribution is -0.125. The monoisotopic (exact) mass is 345 g/mol. The van der Waals surface area contributed by atoms with Gasteiger partial charge in [0.15, 0.2) is 10.4 Å². The molecule has 1 heterocycles. The minimum Gasteiger partial charge on any atom is -0.444 e. The van der Waals surface area contributed by atoms with Gasteiger partial charge in [-0.1, -0.05) is 0 Å². The number of furan rings is 1. The lowest BCUT2D eigenvalue weighted by atomic mass is 10.4. The third-order valence-corrected chi connectivity index (χ3v) is 2.53. The van der Waals surface area contributed by atoms with Crippen LogP contribution in [0, 0.1) is 0 Å². The maximum atomic E-state index is 11.6. The van der Waals surface area contributed by atoms with Gasteiger partial charge in [0, 0.05) is 6.04 Å². The van der Waals surface area contributed by atoms with E-state index in [4.69, 9.17) is 4.42 Å². The lowest BCUT2D eigenvalue weighted by Gasteiger charge is -2.09. The second kappa shape index (κ2) is 7.68. The van der Waals surface area contributed by atoms with Gasteiger partial charge in [0.2, 0.25) is 11.8 Å². The Hall–Kier alpha value is -1.83. The van der Waals surface area contributed by atoms with Crippen molar-refractivity contribution in [1.82, 2.24) is 16.0 Å². The van der Waals surface area contributed by atoms with Crippen LogP contribution in [0.25, 0.3) is 0 Å². The van der Waals surface area contributed by atoms with Gasteiger partial charge in [-0.2, -0.15) is 0 Å². The smallest absolute Gasteiger partial charge is 0.287 e. The Morgan fingerprint density at radius 3 is 2.35 bits per heavy atom. The molecule has 0 saturated heterocycles. The number of amides is 3. The van der Waals surface area contributed by atoms with Gasteiger partial charge in [0.05, 0.1) is 13.1 Å². The lowest BCUT2D eigenvalue weighted by Crippen LogP contribution is -2.43. The van der Waals surface area contributed by atoms with Gasteiger partial charge in [0.25, 0.3) is 5.91 Å². The third-order valence-electron chi connectivity index (χ3n) is 2.10. The Bertz CT molecular complexity index is 499. The first-order valence-electron chi connectivity index (χ1n) is 5.98. The molecule has 110 valence electrons. The van der Waals surface area contributed by atoms with E-state index in [0.717, 1.165) is 0 Å². The highest BCUT2D eigenvalue weighted by Crippen LogP contribution is 2.13. The van der Waals surface area contributed by atoms with Gasteiger partial charge in [-0.25, -0.2) is 0 Å². The van der Waals surface area contributed by atoms with Crippen molar-refractivity contribution in [1.29, 1.82) is 0 Å². The predicted octanol–water partition coefficient (Wildman–Crippen LogP) is 0.413. The fourth-order valence-corrected chi connectivity index (χ4v) is 1.60. The van der Waals surface area contributed by atoms with Crippen LogP contribution in [-0.2, 0) is 9.59 Å². The van der Waals surface area contributed by atoms with Gasteiger partial charge in [0.1, 0.15) is 0 Å². The summed E-state index contributed by atoms with van der Waals surface area (Å²) in [6, 6.07) is 3.06. The maximum Gasteiger partial charge on any atom is 0.287 e. The molecule has 1 aromatic rings. The van der Waals surface area contributed by atoms with Crippen molar-refractivity contribution < 1.29 is 18.8 Å². The van der Waals surface area contributed by atoms with Crippen molar-refractivity contribution in [2.45, 2.75) is 19.9 Å². The number of nitrogens with one attached hydrogen (secondary N) is 3. The molecule has 0 radical (unpaired) electrons. The van der Waals surface area contributed by atoms with Gasteiger partial charge >= 0.3 is 0 Å². The Labute approximate surface area is 124 Å². The van der Waals surface area contributed by atoms with Crippen LogP contribution in [0.2, 0.25) is 0 Å². The van der Waals surface area contributed by atoms with Crippen molar-refractivity contribution in [3.63, 3.8) is 0 Å². The molecule has 0 atom stereocenters. The Morgan fingerprint density at radius 2 is 1.80 bits per heavy atom. The molecule has 0 fully saturated rings. The molecule has 1 aromatic heterocycles. The molecule has 0 saturated carbocycles. The topological polar surface area (TPSA) is 100 Å². The van der Waals surface area contributed by atoms with Crippen molar-refractivity contribution in [2.75, 3.05) is 13.1 Å². The average molecular weight is 346 g/mol. The second-order valence-corrected chi connectivity index (χ2v) is 5.07. The van der Waals surface area contributed by atoms with E-state index < -0.39 is 11.8 Å². The van der Waals surface area contributed by atoms with E-state index in [0.29, 0.717) is 4.67 Å². The van der Waals surface area contributed by atoms with Gasteiger partial charge in [-0.05, 0) is 41.9 Å². The normalized spacial score (nSPS) is 10.2. The van der Waals surface area contributed by atoms with E-state index in [2.05, 4.69) is 31.9 Å². The van der Waals surface area contributed by atoms with Crippen LogP contribution < -0.4 is 16.0 Å². The maximum absolute atomic E-state index is 11.6. The van der Waals surface area contributed by atoms with Crippen LogP contribution >= 0.6 is 15.9 Å². The average Bonchev–Trinajstić information content (AvgIpc) is 2.79. The van der Waals surface area contributed by atoms with E-state index in [9.17, 15) is 14.4 Å². The quantitative estimate of drug-likeness (QED) is 0.695. The van der Waals surface area contributed by atoms with Crippen molar-refractivity contribution in [2.24, 2.45) is 0 Å². The van der Waals surface area contributed by atoms with Crippen LogP contribution in [0.3, 0.4) is 0 Å². The molecular formula is C12H16BrN3O4. The van der Waals surface area contributed by atoms with Crippen molar-refractivity contribution >= 4 is 33.7 Å². The molecule has 8 heteroatoms. The molecule has 0 bridgehead atoms. The van der Waals surface area contributed by atoms with E-state index >= 15 is 0 Å². The zero-order chi connectivity index (χ0) is 15.1. The SMILES string of the molecule is CC(C)NC(=O)CNC(=O)CNC(=O)c1ccc(Br)o1. The molecule has 0 aromatic carbocycles. The summed E-state index contributed by atoms with van der Waals surface area (Å²) in [6.45, 7) is 3.29. The first-order valence-corrected chi connectivity index (χ1v) is 6.77. The molecule has 0 spiro atoms. The number of carbonyl (C=O) groups is 3. The van der Waals surface area contributed by atoms with Gasteiger partial charge in [-0.3, -0.25) is 14.4 Å². The standard InChI is InChI=1S/C12H16BrN3O4/c1-7(2)16-11(18)6-14-10(17)5-15-12(19)8-3-4-9(13)20-8/h3-4,7H,5-6H2,1-2H3,(H,14,17)(H,15,19)(H,16,18). The Morgan fingerprint density at radius 1 is 1.15 bits per heavy atom. The summed E-state index contributed by atoms with van der Waals surface area (Å²) in [5.41, 5.74) is 0. The molecule has 7 nitrogen and oxygen atoms in total. The predicted molar refractivity (Wildman–Crippen MR) is 75.0 cm³/mol. The molecule has 3 N–H and O–H groups in total. The molecule has 1 rings (SSSR count). The molecule has 0 aliphatic carbocycles. The summed E-state index contributed by atoms with van der Waals surface area (Å²) in [5, 5.41) is 7.40. The molecule has 0 aliphatic heterocycles. The summed E-state index contributed by atoms with van der Waals surface area (Å²) in [5.74, 6) is -1.14. The first kappa shape index (κ1) is 16.2. The minimum absolute atomic E-state index is 0.0107. The van der Waals surface area contributed by atoms with Gasteiger partial charge in [-0.15, -0.1) is 0 Å². The molecular weight excluding hydrogens is 330 g/mol. The van der Waals surface area contributed by atoms with Gasteiger partial charge < -0.3 is 20.4 Å². The highest BCUT2D eigenvalue weighted by molar-refractivity contribution is 9.10. The van der Waals surface area contributed by atoms with Crippen LogP contribution in [0.15, 0.2) is 21.2 Å². The largest absolute Gasteiger partial charge is 0.444 e. The highest BCUT2D eigenvalue weighted by atomic mass is 79.9. The number of hydrogen-bond acceptors (Lipinski definition) is 4. The van der Waals surface area contributed by atoms with E-state index in [-0.39, 0.29) is 30.8 Å². The summed E-state index contributed by atoms with van der Waals surface area (Å²) in [7, 11) is 0. The summed E-state index contributed by atoms with van der Waals surface area (Å²) < 4.78 is 5.46. The third kappa shape index (κ3) is 5.87. The number of hydrogen-bond donors (Lipinski definition) is 3. The zero-order valence-corrected chi connectivity index (χ0v) is 12.7. The first-order chi connectivity index (χ1) is 9.38. The molecule has 0 aliphatic rings. The summed E-state index contributed by atoms with van der Waals surface area (Å²) >= 11 is 3.07. The van der Waals surface area contributed by atoms with Crippen LogP contribution in [-0.4, -0.2) is 36.9 Å². The second-order valence-electron chi connectivity index (χ2n) is 4.29. The fraction of sp³-hybridized carbons (Fsp3) is 0.417. The zero-order valence-electron chi connectivity index (χ0n) is 11.2. The Balaban J connectivity index is 2.26. The number of rotatable bonds is 6. The van der Waals surface area contributed by atoms with Crippen LogP contribution in [0.4, 0.5) is 0 Å². The molecule has 20 heavy (non-hydrogen) atoms. The molecule has 3 amide bonds. The van der Waals surface area contributed by atoms with Crippen molar-refractivity contribution in [3.8, 4) is 0 Å². The van der Waals surface area contributed by atoms with E-state index in [1.807, 2.05) is 13.8 Å². The van der Waals surface area contributed by atoms with E-state index in [1.54, 1.807) is 6.07 Å². The fourth-order valence-electron chi connectivity index (χ4n) is 1.30. The minimum atomic E-state index is -0.502.